The van der Waals surface area contributed by atoms with Crippen LogP contribution in [0, 0.1) is 3.57 Å². The van der Waals surface area contributed by atoms with Gasteiger partial charge in [-0.25, -0.2) is 0 Å². The zero-order valence-electron chi connectivity index (χ0n) is 9.23. The second-order valence-corrected chi connectivity index (χ2v) is 5.80. The molecule has 6 heteroatoms. The molecule has 0 saturated heterocycles. The van der Waals surface area contributed by atoms with Crippen LogP contribution in [0.25, 0.3) is 11.1 Å². The van der Waals surface area contributed by atoms with E-state index in [1.807, 2.05) is 0 Å². The Labute approximate surface area is 131 Å². The lowest BCUT2D eigenvalue weighted by Crippen LogP contribution is -2.07. The smallest absolute Gasteiger partial charge is 0.166 e. The van der Waals surface area contributed by atoms with E-state index in [0.717, 1.165) is 6.07 Å². The van der Waals surface area contributed by atoms with Crippen molar-refractivity contribution in [3.05, 3.63) is 55.6 Å². The standard InChI is InChI=1S/C13H6Cl2F3I/c14-10-3-1-8(6-11(10)15)7-2-4-12(19)9(5-7)13(16,17)18/h1-6H. The minimum atomic E-state index is -4.37. The quantitative estimate of drug-likeness (QED) is 0.479. The molecule has 100 valence electrons. The molecule has 0 saturated carbocycles. The number of hydrogen-bond donors (Lipinski definition) is 0. The van der Waals surface area contributed by atoms with Crippen molar-refractivity contribution >= 4 is 45.8 Å². The number of halogens is 6. The molecule has 2 aromatic carbocycles. The van der Waals surface area contributed by atoms with E-state index in [9.17, 15) is 13.2 Å². The van der Waals surface area contributed by atoms with Gasteiger partial charge in [-0.2, -0.15) is 13.2 Å². The summed E-state index contributed by atoms with van der Waals surface area (Å²) in [5.74, 6) is 0. The molecule has 0 aliphatic carbocycles. The first-order chi connectivity index (χ1) is 8.79. The van der Waals surface area contributed by atoms with E-state index >= 15 is 0 Å². The fraction of sp³-hybridized carbons (Fsp3) is 0.0769. The van der Waals surface area contributed by atoms with E-state index in [0.29, 0.717) is 21.2 Å². The molecule has 0 atom stereocenters. The molecule has 0 aliphatic heterocycles. The fourth-order valence-electron chi connectivity index (χ4n) is 1.60. The van der Waals surface area contributed by atoms with Crippen LogP contribution < -0.4 is 0 Å². The van der Waals surface area contributed by atoms with E-state index in [4.69, 9.17) is 23.2 Å². The second-order valence-electron chi connectivity index (χ2n) is 3.82. The predicted octanol–water partition coefficient (Wildman–Crippen LogP) is 6.28. The van der Waals surface area contributed by atoms with Gasteiger partial charge in [-0.1, -0.05) is 35.3 Å². The molecule has 0 radical (unpaired) electrons. The summed E-state index contributed by atoms with van der Waals surface area (Å²) in [6, 6.07) is 8.91. The van der Waals surface area contributed by atoms with Crippen molar-refractivity contribution in [2.45, 2.75) is 6.18 Å². The maximum atomic E-state index is 12.8. The van der Waals surface area contributed by atoms with Crippen molar-refractivity contribution in [3.8, 4) is 11.1 Å². The van der Waals surface area contributed by atoms with E-state index in [2.05, 4.69) is 0 Å². The summed E-state index contributed by atoms with van der Waals surface area (Å²) in [6.07, 6.45) is -4.37. The first-order valence-electron chi connectivity index (χ1n) is 5.11. The van der Waals surface area contributed by atoms with Gasteiger partial charge in [0.25, 0.3) is 0 Å². The summed E-state index contributed by atoms with van der Waals surface area (Å²) in [5, 5.41) is 0.679. The monoisotopic (exact) mass is 416 g/mol. The van der Waals surface area contributed by atoms with Crippen molar-refractivity contribution in [3.63, 3.8) is 0 Å². The summed E-state index contributed by atoms with van der Waals surface area (Å²) in [4.78, 5) is 0. The van der Waals surface area contributed by atoms with Crippen molar-refractivity contribution in [1.82, 2.24) is 0 Å². The number of benzene rings is 2. The summed E-state index contributed by atoms with van der Waals surface area (Å²) < 4.78 is 38.7. The zero-order valence-corrected chi connectivity index (χ0v) is 12.9. The molecule has 0 heterocycles. The molecule has 0 amide bonds. The third kappa shape index (κ3) is 3.35. The lowest BCUT2D eigenvalue weighted by Gasteiger charge is -2.11. The van der Waals surface area contributed by atoms with Crippen LogP contribution in [0.3, 0.4) is 0 Å². The van der Waals surface area contributed by atoms with Crippen LogP contribution >= 0.6 is 45.8 Å². The lowest BCUT2D eigenvalue weighted by atomic mass is 10.0. The molecule has 19 heavy (non-hydrogen) atoms. The van der Waals surface area contributed by atoms with Crippen LogP contribution in [-0.4, -0.2) is 0 Å². The van der Waals surface area contributed by atoms with Gasteiger partial charge >= 0.3 is 6.18 Å². The SMILES string of the molecule is FC(F)(F)c1cc(-c2ccc(Cl)c(Cl)c2)ccc1I. The molecular weight excluding hydrogens is 411 g/mol. The molecule has 0 aliphatic rings. The van der Waals surface area contributed by atoms with Gasteiger partial charge < -0.3 is 0 Å². The maximum absolute atomic E-state index is 12.8. The number of rotatable bonds is 1. The van der Waals surface area contributed by atoms with Gasteiger partial charge in [0.15, 0.2) is 0 Å². The van der Waals surface area contributed by atoms with Crippen molar-refractivity contribution < 1.29 is 13.2 Å². The summed E-state index contributed by atoms with van der Waals surface area (Å²) in [7, 11) is 0. The second kappa shape index (κ2) is 5.50. The zero-order chi connectivity index (χ0) is 14.2. The lowest BCUT2D eigenvalue weighted by molar-refractivity contribution is -0.138. The predicted molar refractivity (Wildman–Crippen MR) is 79.6 cm³/mol. The molecule has 0 bridgehead atoms. The Morgan fingerprint density at radius 2 is 1.42 bits per heavy atom. The van der Waals surface area contributed by atoms with Crippen LogP contribution in [0.1, 0.15) is 5.56 Å². The van der Waals surface area contributed by atoms with E-state index in [1.54, 1.807) is 46.9 Å². The molecule has 0 unspecified atom stereocenters. The summed E-state index contributed by atoms with van der Waals surface area (Å²) >= 11 is 13.3. The largest absolute Gasteiger partial charge is 0.417 e. The Kier molecular flexibility index (Phi) is 4.32. The fourth-order valence-corrected chi connectivity index (χ4v) is 2.54. The van der Waals surface area contributed by atoms with Gasteiger partial charge in [0.05, 0.1) is 15.6 Å². The van der Waals surface area contributed by atoms with Gasteiger partial charge in [0.1, 0.15) is 0 Å². The maximum Gasteiger partial charge on any atom is 0.417 e. The van der Waals surface area contributed by atoms with Crippen LogP contribution in [0.4, 0.5) is 13.2 Å². The van der Waals surface area contributed by atoms with Gasteiger partial charge in [0, 0.05) is 3.57 Å². The molecule has 0 nitrogen and oxygen atoms in total. The topological polar surface area (TPSA) is 0 Å². The van der Waals surface area contributed by atoms with Crippen LogP contribution in [0.15, 0.2) is 36.4 Å². The minimum absolute atomic E-state index is 0.161. The van der Waals surface area contributed by atoms with Crippen LogP contribution in [0.5, 0.6) is 0 Å². The van der Waals surface area contributed by atoms with Crippen LogP contribution in [0.2, 0.25) is 10.0 Å². The summed E-state index contributed by atoms with van der Waals surface area (Å²) in [6.45, 7) is 0. The Bertz CT molecular complexity index is 624. The van der Waals surface area contributed by atoms with Crippen molar-refractivity contribution in [2.24, 2.45) is 0 Å². The van der Waals surface area contributed by atoms with Crippen molar-refractivity contribution in [1.29, 1.82) is 0 Å². The molecular formula is C13H6Cl2F3I. The Morgan fingerprint density at radius 1 is 0.842 bits per heavy atom. The van der Waals surface area contributed by atoms with E-state index < -0.39 is 11.7 Å². The normalized spacial score (nSPS) is 11.7. The van der Waals surface area contributed by atoms with E-state index in [-0.39, 0.29) is 3.57 Å². The molecule has 0 N–H and O–H groups in total. The van der Waals surface area contributed by atoms with Gasteiger partial charge in [-0.3, -0.25) is 0 Å². The van der Waals surface area contributed by atoms with Crippen molar-refractivity contribution in [2.75, 3.05) is 0 Å². The molecule has 0 fully saturated rings. The first-order valence-corrected chi connectivity index (χ1v) is 6.94. The summed E-state index contributed by atoms with van der Waals surface area (Å²) in [5.41, 5.74) is 0.388. The van der Waals surface area contributed by atoms with Gasteiger partial charge in [0.2, 0.25) is 0 Å². The Morgan fingerprint density at radius 3 is 2.00 bits per heavy atom. The molecule has 0 aromatic heterocycles. The highest BCUT2D eigenvalue weighted by molar-refractivity contribution is 14.1. The van der Waals surface area contributed by atoms with Gasteiger partial charge in [-0.05, 0) is 58.0 Å². The Hall–Kier alpha value is -0.460. The first kappa shape index (κ1) is 14.9. The third-order valence-electron chi connectivity index (χ3n) is 2.52. The minimum Gasteiger partial charge on any atom is -0.166 e. The number of alkyl halides is 3. The van der Waals surface area contributed by atoms with Gasteiger partial charge in [-0.15, -0.1) is 0 Å². The highest BCUT2D eigenvalue weighted by atomic mass is 127. The molecule has 0 spiro atoms. The highest BCUT2D eigenvalue weighted by Gasteiger charge is 2.33. The van der Waals surface area contributed by atoms with Crippen LogP contribution in [-0.2, 0) is 6.18 Å². The highest BCUT2D eigenvalue weighted by Crippen LogP contribution is 2.36. The Balaban J connectivity index is 2.54. The average Bonchev–Trinajstić information content (AvgIpc) is 2.32. The van der Waals surface area contributed by atoms with E-state index in [1.165, 1.54) is 6.07 Å². The molecule has 2 aromatic rings. The average molecular weight is 417 g/mol. The number of hydrogen-bond acceptors (Lipinski definition) is 0. The third-order valence-corrected chi connectivity index (χ3v) is 4.20. The molecule has 2 rings (SSSR count).